The Labute approximate surface area is 91.2 Å². The number of aryl methyl sites for hydroxylation is 2. The van der Waals surface area contributed by atoms with Crippen molar-refractivity contribution in [2.45, 2.75) is 27.2 Å². The summed E-state index contributed by atoms with van der Waals surface area (Å²) in [4.78, 5) is 0. The number of nitrogens with zero attached hydrogens (tertiary/aromatic N) is 2. The van der Waals surface area contributed by atoms with Crippen LogP contribution >= 0.6 is 0 Å². The van der Waals surface area contributed by atoms with Crippen molar-refractivity contribution in [1.82, 2.24) is 9.78 Å². The standard InChI is InChI=1S/C11H20N4/c1-5-9-10(12)11(15(4)14-9)13-7-6-8(2)3/h6,13H,5,7,12H2,1-4H3. The first-order chi connectivity index (χ1) is 7.06. The minimum atomic E-state index is 0.766. The van der Waals surface area contributed by atoms with Gasteiger partial charge in [-0.15, -0.1) is 0 Å². The summed E-state index contributed by atoms with van der Waals surface area (Å²) >= 11 is 0. The maximum atomic E-state index is 5.97. The average Bonchev–Trinajstić information content (AvgIpc) is 2.44. The van der Waals surface area contributed by atoms with Crippen LogP contribution in [-0.2, 0) is 13.5 Å². The van der Waals surface area contributed by atoms with Crippen molar-refractivity contribution in [1.29, 1.82) is 0 Å². The summed E-state index contributed by atoms with van der Waals surface area (Å²) < 4.78 is 1.80. The first-order valence-corrected chi connectivity index (χ1v) is 5.24. The molecule has 84 valence electrons. The quantitative estimate of drug-likeness (QED) is 0.743. The van der Waals surface area contributed by atoms with E-state index in [0.717, 1.165) is 30.2 Å². The molecule has 1 aromatic rings. The second-order valence-electron chi connectivity index (χ2n) is 3.85. The maximum absolute atomic E-state index is 5.97. The molecule has 0 spiro atoms. The maximum Gasteiger partial charge on any atom is 0.148 e. The van der Waals surface area contributed by atoms with Gasteiger partial charge < -0.3 is 11.1 Å². The molecule has 1 heterocycles. The summed E-state index contributed by atoms with van der Waals surface area (Å²) in [5.41, 5.74) is 8.98. The van der Waals surface area contributed by atoms with Gasteiger partial charge in [0, 0.05) is 13.6 Å². The Morgan fingerprint density at radius 1 is 1.53 bits per heavy atom. The number of allylic oxidation sites excluding steroid dienone is 1. The summed E-state index contributed by atoms with van der Waals surface area (Å²) in [6.07, 6.45) is 2.99. The Morgan fingerprint density at radius 2 is 2.20 bits per heavy atom. The highest BCUT2D eigenvalue weighted by atomic mass is 15.3. The van der Waals surface area contributed by atoms with Crippen LogP contribution in [-0.4, -0.2) is 16.3 Å². The SMILES string of the molecule is CCc1nn(C)c(NCC=C(C)C)c1N. The zero-order chi connectivity index (χ0) is 11.4. The molecule has 0 amide bonds. The van der Waals surface area contributed by atoms with Gasteiger partial charge in [-0.25, -0.2) is 0 Å². The number of rotatable bonds is 4. The van der Waals surface area contributed by atoms with Crippen molar-refractivity contribution < 1.29 is 0 Å². The molecule has 15 heavy (non-hydrogen) atoms. The molecule has 0 saturated heterocycles. The predicted octanol–water partition coefficient (Wildman–Crippen LogP) is 1.94. The van der Waals surface area contributed by atoms with Gasteiger partial charge in [0.15, 0.2) is 0 Å². The molecule has 3 N–H and O–H groups in total. The molecule has 0 aliphatic carbocycles. The van der Waals surface area contributed by atoms with Crippen molar-refractivity contribution in [2.75, 3.05) is 17.6 Å². The zero-order valence-corrected chi connectivity index (χ0v) is 9.96. The van der Waals surface area contributed by atoms with Crippen molar-refractivity contribution in [3.05, 3.63) is 17.3 Å². The molecule has 0 aliphatic rings. The van der Waals surface area contributed by atoms with Gasteiger partial charge in [-0.05, 0) is 20.3 Å². The van der Waals surface area contributed by atoms with Gasteiger partial charge in [0.05, 0.1) is 11.4 Å². The Hall–Kier alpha value is -1.45. The fourth-order valence-electron chi connectivity index (χ4n) is 1.42. The molecule has 0 atom stereocenters. The smallest absolute Gasteiger partial charge is 0.148 e. The van der Waals surface area contributed by atoms with E-state index in [1.807, 2.05) is 7.05 Å². The van der Waals surface area contributed by atoms with Crippen LogP contribution in [0.5, 0.6) is 0 Å². The monoisotopic (exact) mass is 208 g/mol. The molecule has 0 bridgehead atoms. The summed E-state index contributed by atoms with van der Waals surface area (Å²) in [5, 5.41) is 7.60. The molecule has 1 aromatic heterocycles. The minimum absolute atomic E-state index is 0.766. The molecule has 0 fully saturated rings. The molecule has 0 aromatic carbocycles. The van der Waals surface area contributed by atoms with Gasteiger partial charge in [-0.2, -0.15) is 5.10 Å². The van der Waals surface area contributed by atoms with E-state index in [4.69, 9.17) is 5.73 Å². The summed E-state index contributed by atoms with van der Waals surface area (Å²) in [7, 11) is 1.90. The topological polar surface area (TPSA) is 55.9 Å². The van der Waals surface area contributed by atoms with Gasteiger partial charge in [0.1, 0.15) is 5.82 Å². The first-order valence-electron chi connectivity index (χ1n) is 5.24. The second-order valence-corrected chi connectivity index (χ2v) is 3.85. The van der Waals surface area contributed by atoms with Crippen LogP contribution in [0.25, 0.3) is 0 Å². The van der Waals surface area contributed by atoms with Crippen LogP contribution in [0.2, 0.25) is 0 Å². The number of nitrogens with two attached hydrogens (primary N) is 1. The Bertz CT molecular complexity index is 359. The van der Waals surface area contributed by atoms with Crippen LogP contribution in [0.15, 0.2) is 11.6 Å². The largest absolute Gasteiger partial charge is 0.394 e. The van der Waals surface area contributed by atoms with E-state index in [-0.39, 0.29) is 0 Å². The van der Waals surface area contributed by atoms with E-state index in [1.54, 1.807) is 4.68 Å². The normalized spacial score (nSPS) is 10.1. The van der Waals surface area contributed by atoms with Gasteiger partial charge >= 0.3 is 0 Å². The second kappa shape index (κ2) is 4.87. The molecule has 0 saturated carbocycles. The van der Waals surface area contributed by atoms with Gasteiger partial charge in [-0.3, -0.25) is 4.68 Å². The lowest BCUT2D eigenvalue weighted by atomic mass is 10.3. The fourth-order valence-corrected chi connectivity index (χ4v) is 1.42. The van der Waals surface area contributed by atoms with Gasteiger partial charge in [0.25, 0.3) is 0 Å². The average molecular weight is 208 g/mol. The Balaban J connectivity index is 2.76. The third kappa shape index (κ3) is 2.75. The summed E-state index contributed by atoms with van der Waals surface area (Å²) in [6, 6.07) is 0. The summed E-state index contributed by atoms with van der Waals surface area (Å²) in [6.45, 7) is 6.99. The highest BCUT2D eigenvalue weighted by Gasteiger charge is 2.10. The number of hydrogen-bond acceptors (Lipinski definition) is 3. The van der Waals surface area contributed by atoms with E-state index in [1.165, 1.54) is 5.57 Å². The molecule has 4 heteroatoms. The number of nitrogen functional groups attached to an aromatic ring is 1. The molecule has 0 aliphatic heterocycles. The number of nitrogens with one attached hydrogen (secondary N) is 1. The Kier molecular flexibility index (Phi) is 3.77. The van der Waals surface area contributed by atoms with E-state index in [2.05, 4.69) is 37.3 Å². The number of anilines is 2. The number of hydrogen-bond donors (Lipinski definition) is 2. The summed E-state index contributed by atoms with van der Waals surface area (Å²) in [5.74, 6) is 0.907. The van der Waals surface area contributed by atoms with Crippen molar-refractivity contribution in [3.8, 4) is 0 Å². The highest BCUT2D eigenvalue weighted by molar-refractivity contribution is 5.65. The van der Waals surface area contributed by atoms with Crippen LogP contribution in [0, 0.1) is 0 Å². The van der Waals surface area contributed by atoms with Crippen LogP contribution in [0.1, 0.15) is 26.5 Å². The molecule has 0 radical (unpaired) electrons. The lowest BCUT2D eigenvalue weighted by molar-refractivity contribution is 0.750. The van der Waals surface area contributed by atoms with E-state index in [0.29, 0.717) is 0 Å². The third-order valence-electron chi connectivity index (χ3n) is 2.28. The number of aromatic nitrogens is 2. The molecule has 0 unspecified atom stereocenters. The van der Waals surface area contributed by atoms with Crippen molar-refractivity contribution in [2.24, 2.45) is 7.05 Å². The van der Waals surface area contributed by atoms with Crippen LogP contribution < -0.4 is 11.1 Å². The van der Waals surface area contributed by atoms with Gasteiger partial charge in [0.2, 0.25) is 0 Å². The molecular formula is C11H20N4. The lowest BCUT2D eigenvalue weighted by Crippen LogP contribution is -2.06. The Morgan fingerprint density at radius 3 is 2.67 bits per heavy atom. The van der Waals surface area contributed by atoms with E-state index in [9.17, 15) is 0 Å². The minimum Gasteiger partial charge on any atom is -0.394 e. The third-order valence-corrected chi connectivity index (χ3v) is 2.28. The predicted molar refractivity (Wildman–Crippen MR) is 64.9 cm³/mol. The highest BCUT2D eigenvalue weighted by Crippen LogP contribution is 2.21. The molecule has 4 nitrogen and oxygen atoms in total. The van der Waals surface area contributed by atoms with Crippen LogP contribution in [0.4, 0.5) is 11.5 Å². The zero-order valence-electron chi connectivity index (χ0n) is 9.96. The van der Waals surface area contributed by atoms with Crippen molar-refractivity contribution in [3.63, 3.8) is 0 Å². The van der Waals surface area contributed by atoms with Crippen LogP contribution in [0.3, 0.4) is 0 Å². The van der Waals surface area contributed by atoms with Crippen molar-refractivity contribution >= 4 is 11.5 Å². The molecular weight excluding hydrogens is 188 g/mol. The first kappa shape index (κ1) is 11.6. The van der Waals surface area contributed by atoms with E-state index < -0.39 is 0 Å². The lowest BCUT2D eigenvalue weighted by Gasteiger charge is -2.05. The molecule has 1 rings (SSSR count). The fraction of sp³-hybridized carbons (Fsp3) is 0.545. The van der Waals surface area contributed by atoms with Gasteiger partial charge in [-0.1, -0.05) is 18.6 Å². The van der Waals surface area contributed by atoms with E-state index >= 15 is 0 Å².